The molecule has 1 aromatic carbocycles. The van der Waals surface area contributed by atoms with Crippen LogP contribution >= 0.6 is 0 Å². The maximum Gasteiger partial charge on any atom is 0.275 e. The SMILES string of the molecule is Cc1cccc2nc(C(=O)Nc3ccc(S(=O)(=O)N4CCCCCC4)cc3)cn12. The lowest BCUT2D eigenvalue weighted by Crippen LogP contribution is -2.31. The molecule has 7 nitrogen and oxygen atoms in total. The van der Waals surface area contributed by atoms with Gasteiger partial charge in [-0.3, -0.25) is 4.79 Å². The molecular formula is C21H24N4O3S. The van der Waals surface area contributed by atoms with Crippen molar-refractivity contribution in [2.75, 3.05) is 18.4 Å². The standard InChI is InChI=1S/C21H24N4O3S/c1-16-7-6-8-20-23-19(15-25(16)20)21(26)22-17-9-11-18(12-10-17)29(27,28)24-13-4-2-3-5-14-24/h6-12,15H,2-5,13-14H2,1H3,(H,22,26). The number of nitrogens with one attached hydrogen (secondary N) is 1. The van der Waals surface area contributed by atoms with Gasteiger partial charge in [0.25, 0.3) is 5.91 Å². The van der Waals surface area contributed by atoms with E-state index in [1.165, 1.54) is 0 Å². The van der Waals surface area contributed by atoms with Crippen LogP contribution in [0.3, 0.4) is 0 Å². The molecule has 1 aliphatic rings. The van der Waals surface area contributed by atoms with Gasteiger partial charge in [0.15, 0.2) is 0 Å². The molecule has 8 heteroatoms. The largest absolute Gasteiger partial charge is 0.321 e. The van der Waals surface area contributed by atoms with Crippen molar-refractivity contribution in [3.05, 3.63) is 60.0 Å². The Kier molecular flexibility index (Phi) is 5.38. The Hall–Kier alpha value is -2.71. The molecule has 1 amide bonds. The van der Waals surface area contributed by atoms with Gasteiger partial charge in [-0.1, -0.05) is 18.9 Å². The highest BCUT2D eigenvalue weighted by Crippen LogP contribution is 2.22. The van der Waals surface area contributed by atoms with Crippen LogP contribution < -0.4 is 5.32 Å². The first-order valence-electron chi connectivity index (χ1n) is 9.81. The Morgan fingerprint density at radius 3 is 2.34 bits per heavy atom. The van der Waals surface area contributed by atoms with E-state index < -0.39 is 10.0 Å². The Morgan fingerprint density at radius 2 is 1.69 bits per heavy atom. The van der Waals surface area contributed by atoms with Crippen molar-refractivity contribution < 1.29 is 13.2 Å². The first-order chi connectivity index (χ1) is 13.9. The maximum atomic E-state index is 12.9. The number of pyridine rings is 1. The van der Waals surface area contributed by atoms with Gasteiger partial charge in [0.1, 0.15) is 11.3 Å². The number of rotatable bonds is 4. The molecule has 0 radical (unpaired) electrons. The third kappa shape index (κ3) is 4.04. The molecule has 0 spiro atoms. The van der Waals surface area contributed by atoms with Gasteiger partial charge in [-0.25, -0.2) is 13.4 Å². The Balaban J connectivity index is 1.50. The molecule has 4 rings (SSSR count). The summed E-state index contributed by atoms with van der Waals surface area (Å²) < 4.78 is 29.1. The third-order valence-corrected chi connectivity index (χ3v) is 7.16. The van der Waals surface area contributed by atoms with Gasteiger partial charge in [-0.2, -0.15) is 4.31 Å². The van der Waals surface area contributed by atoms with Crippen molar-refractivity contribution in [2.24, 2.45) is 0 Å². The predicted molar refractivity (Wildman–Crippen MR) is 112 cm³/mol. The van der Waals surface area contributed by atoms with Crippen molar-refractivity contribution in [3.8, 4) is 0 Å². The van der Waals surface area contributed by atoms with E-state index in [9.17, 15) is 13.2 Å². The summed E-state index contributed by atoms with van der Waals surface area (Å²) in [6.07, 6.45) is 5.62. The van der Waals surface area contributed by atoms with E-state index >= 15 is 0 Å². The monoisotopic (exact) mass is 412 g/mol. The summed E-state index contributed by atoms with van der Waals surface area (Å²) in [5.74, 6) is -0.337. The molecule has 2 aromatic heterocycles. The quantitative estimate of drug-likeness (QED) is 0.711. The lowest BCUT2D eigenvalue weighted by atomic mass is 10.2. The van der Waals surface area contributed by atoms with Crippen molar-refractivity contribution >= 4 is 27.3 Å². The van der Waals surface area contributed by atoms with Crippen molar-refractivity contribution in [2.45, 2.75) is 37.5 Å². The van der Waals surface area contributed by atoms with Crippen LogP contribution in [0.5, 0.6) is 0 Å². The molecule has 1 saturated heterocycles. The number of anilines is 1. The second-order valence-electron chi connectivity index (χ2n) is 7.32. The Bertz CT molecular complexity index is 1130. The molecule has 1 aliphatic heterocycles. The first kappa shape index (κ1) is 19.6. The number of imidazole rings is 1. The number of sulfonamides is 1. The van der Waals surface area contributed by atoms with E-state index in [1.54, 1.807) is 34.8 Å². The molecule has 1 N–H and O–H groups in total. The van der Waals surface area contributed by atoms with Crippen LogP contribution in [0.15, 0.2) is 53.6 Å². The molecule has 0 saturated carbocycles. The highest BCUT2D eigenvalue weighted by atomic mass is 32.2. The average molecular weight is 413 g/mol. The zero-order valence-electron chi connectivity index (χ0n) is 16.3. The Morgan fingerprint density at radius 1 is 1.00 bits per heavy atom. The molecule has 0 aliphatic carbocycles. The summed E-state index contributed by atoms with van der Waals surface area (Å²) in [5, 5.41) is 2.78. The number of fused-ring (bicyclic) bond motifs is 1. The number of aryl methyl sites for hydroxylation is 1. The van der Waals surface area contributed by atoms with Crippen molar-refractivity contribution in [1.82, 2.24) is 13.7 Å². The molecule has 1 fully saturated rings. The third-order valence-electron chi connectivity index (χ3n) is 5.24. The van der Waals surface area contributed by atoms with Gasteiger partial charge >= 0.3 is 0 Å². The highest BCUT2D eigenvalue weighted by Gasteiger charge is 2.25. The number of carbonyl (C=O) groups excluding carboxylic acids is 1. The molecule has 152 valence electrons. The fourth-order valence-electron chi connectivity index (χ4n) is 3.59. The van der Waals surface area contributed by atoms with Gasteiger partial charge in [-0.15, -0.1) is 0 Å². The number of nitrogens with zero attached hydrogens (tertiary/aromatic N) is 3. The van der Waals surface area contributed by atoms with Crippen LogP contribution in [0.4, 0.5) is 5.69 Å². The van der Waals surface area contributed by atoms with E-state index in [0.29, 0.717) is 30.1 Å². The van der Waals surface area contributed by atoms with Crippen LogP contribution in [0.2, 0.25) is 0 Å². The summed E-state index contributed by atoms with van der Waals surface area (Å²) >= 11 is 0. The van der Waals surface area contributed by atoms with Crippen LogP contribution in [-0.4, -0.2) is 41.1 Å². The zero-order valence-corrected chi connectivity index (χ0v) is 17.2. The number of benzene rings is 1. The Labute approximate surface area is 170 Å². The summed E-state index contributed by atoms with van der Waals surface area (Å²) in [6.45, 7) is 3.07. The van der Waals surface area contributed by atoms with Gasteiger partial charge in [0, 0.05) is 30.7 Å². The highest BCUT2D eigenvalue weighted by molar-refractivity contribution is 7.89. The molecule has 0 bridgehead atoms. The molecular weight excluding hydrogens is 388 g/mol. The second-order valence-corrected chi connectivity index (χ2v) is 9.26. The summed E-state index contributed by atoms with van der Waals surface area (Å²) in [7, 11) is -3.50. The number of hydrogen-bond donors (Lipinski definition) is 1. The molecule has 29 heavy (non-hydrogen) atoms. The average Bonchev–Trinajstić information content (AvgIpc) is 2.96. The summed E-state index contributed by atoms with van der Waals surface area (Å²) in [5.41, 5.74) is 2.52. The molecule has 3 aromatic rings. The minimum Gasteiger partial charge on any atom is -0.321 e. The lowest BCUT2D eigenvalue weighted by molar-refractivity contribution is 0.102. The topological polar surface area (TPSA) is 83.8 Å². The van der Waals surface area contributed by atoms with Gasteiger partial charge in [0.05, 0.1) is 4.90 Å². The lowest BCUT2D eigenvalue weighted by Gasteiger charge is -2.20. The zero-order chi connectivity index (χ0) is 20.4. The molecule has 3 heterocycles. The fraction of sp³-hybridized carbons (Fsp3) is 0.333. The van der Waals surface area contributed by atoms with Crippen LogP contribution in [0, 0.1) is 6.92 Å². The summed E-state index contributed by atoms with van der Waals surface area (Å²) in [4.78, 5) is 17.1. The van der Waals surface area contributed by atoms with E-state index in [1.807, 2.05) is 29.5 Å². The van der Waals surface area contributed by atoms with Gasteiger partial charge in [-0.05, 0) is 56.2 Å². The van der Waals surface area contributed by atoms with E-state index in [2.05, 4.69) is 10.3 Å². The molecule has 0 atom stereocenters. The number of carbonyl (C=O) groups is 1. The van der Waals surface area contributed by atoms with E-state index in [-0.39, 0.29) is 10.8 Å². The minimum absolute atomic E-state index is 0.251. The number of hydrogen-bond acceptors (Lipinski definition) is 4. The van der Waals surface area contributed by atoms with E-state index in [4.69, 9.17) is 0 Å². The molecule has 0 unspecified atom stereocenters. The number of amides is 1. The first-order valence-corrected chi connectivity index (χ1v) is 11.3. The van der Waals surface area contributed by atoms with Gasteiger partial charge in [0.2, 0.25) is 10.0 Å². The van der Waals surface area contributed by atoms with Crippen LogP contribution in [-0.2, 0) is 10.0 Å². The summed E-state index contributed by atoms with van der Waals surface area (Å²) in [6, 6.07) is 12.0. The smallest absolute Gasteiger partial charge is 0.275 e. The van der Waals surface area contributed by atoms with Crippen LogP contribution in [0.1, 0.15) is 41.9 Å². The number of aromatic nitrogens is 2. The van der Waals surface area contributed by atoms with Gasteiger partial charge < -0.3 is 9.72 Å². The predicted octanol–water partition coefficient (Wildman–Crippen LogP) is 3.46. The minimum atomic E-state index is -3.50. The maximum absolute atomic E-state index is 12.9. The normalized spacial score (nSPS) is 15.9. The van der Waals surface area contributed by atoms with Crippen molar-refractivity contribution in [1.29, 1.82) is 0 Å². The fourth-order valence-corrected chi connectivity index (χ4v) is 5.11. The second kappa shape index (κ2) is 7.96. The van der Waals surface area contributed by atoms with E-state index in [0.717, 1.165) is 31.4 Å². The van der Waals surface area contributed by atoms with Crippen LogP contribution in [0.25, 0.3) is 5.65 Å². The van der Waals surface area contributed by atoms with Crippen molar-refractivity contribution in [3.63, 3.8) is 0 Å².